The lowest BCUT2D eigenvalue weighted by Gasteiger charge is -2.38. The van der Waals surface area contributed by atoms with Crippen LogP contribution in [0.3, 0.4) is 0 Å². The number of hydrogen-bond acceptors (Lipinski definition) is 3. The standard InChI is InChI=1S/C22H33N3O2/c23-17-22(11-5-2-6-12-22)15-20(26)25-13-9-19(10-14-25)21(27)24-16-18-7-3-1-4-8-18/h1,3-4,7-8,19H,2,5-6,9-17,23H2,(H,24,27). The Hall–Kier alpha value is -1.88. The molecule has 1 aromatic rings. The van der Waals surface area contributed by atoms with Crippen LogP contribution in [0.4, 0.5) is 0 Å². The van der Waals surface area contributed by atoms with E-state index < -0.39 is 0 Å². The van der Waals surface area contributed by atoms with Crippen LogP contribution in [0.2, 0.25) is 0 Å². The van der Waals surface area contributed by atoms with E-state index >= 15 is 0 Å². The molecule has 0 spiro atoms. The molecule has 1 aliphatic carbocycles. The lowest BCUT2D eigenvalue weighted by Crippen LogP contribution is -2.45. The number of nitrogens with one attached hydrogen (secondary N) is 1. The number of hydrogen-bond donors (Lipinski definition) is 2. The highest BCUT2D eigenvalue weighted by Gasteiger charge is 2.35. The van der Waals surface area contributed by atoms with E-state index in [2.05, 4.69) is 5.32 Å². The Morgan fingerprint density at radius 1 is 1.07 bits per heavy atom. The third kappa shape index (κ3) is 5.32. The first kappa shape index (κ1) is 19.9. The topological polar surface area (TPSA) is 75.4 Å². The maximum atomic E-state index is 12.8. The van der Waals surface area contributed by atoms with Crippen molar-refractivity contribution in [2.24, 2.45) is 17.1 Å². The van der Waals surface area contributed by atoms with E-state index in [-0.39, 0.29) is 23.1 Å². The van der Waals surface area contributed by atoms with Crippen molar-refractivity contribution in [1.82, 2.24) is 10.2 Å². The minimum atomic E-state index is 0.0101. The zero-order valence-corrected chi connectivity index (χ0v) is 16.3. The van der Waals surface area contributed by atoms with Crippen molar-refractivity contribution in [3.05, 3.63) is 35.9 Å². The van der Waals surface area contributed by atoms with Crippen molar-refractivity contribution in [2.45, 2.75) is 57.9 Å². The van der Waals surface area contributed by atoms with Gasteiger partial charge in [-0.3, -0.25) is 9.59 Å². The average molecular weight is 372 g/mol. The van der Waals surface area contributed by atoms with Crippen LogP contribution >= 0.6 is 0 Å². The lowest BCUT2D eigenvalue weighted by molar-refractivity contribution is -0.138. The summed E-state index contributed by atoms with van der Waals surface area (Å²) in [5, 5.41) is 3.03. The Balaban J connectivity index is 1.43. The number of benzene rings is 1. The van der Waals surface area contributed by atoms with Crippen LogP contribution in [0.25, 0.3) is 0 Å². The van der Waals surface area contributed by atoms with Crippen molar-refractivity contribution in [1.29, 1.82) is 0 Å². The summed E-state index contributed by atoms with van der Waals surface area (Å²) >= 11 is 0. The van der Waals surface area contributed by atoms with E-state index in [4.69, 9.17) is 5.73 Å². The number of amides is 2. The first-order valence-corrected chi connectivity index (χ1v) is 10.4. The predicted molar refractivity (Wildman–Crippen MR) is 107 cm³/mol. The Bertz CT molecular complexity index is 618. The molecule has 1 saturated heterocycles. The fourth-order valence-electron chi connectivity index (χ4n) is 4.51. The van der Waals surface area contributed by atoms with Crippen LogP contribution in [0.1, 0.15) is 56.9 Å². The molecule has 1 heterocycles. The number of nitrogens with zero attached hydrogens (tertiary/aromatic N) is 1. The van der Waals surface area contributed by atoms with E-state index in [0.29, 0.717) is 32.6 Å². The van der Waals surface area contributed by atoms with Gasteiger partial charge in [0.25, 0.3) is 0 Å². The molecule has 3 N–H and O–H groups in total. The molecule has 5 nitrogen and oxygen atoms in total. The number of nitrogens with two attached hydrogens (primary N) is 1. The Kier molecular flexibility index (Phi) is 6.89. The first-order chi connectivity index (χ1) is 13.1. The van der Waals surface area contributed by atoms with Gasteiger partial charge in [0, 0.05) is 32.0 Å². The van der Waals surface area contributed by atoms with Crippen molar-refractivity contribution in [2.75, 3.05) is 19.6 Å². The van der Waals surface area contributed by atoms with Crippen LogP contribution in [-0.4, -0.2) is 36.3 Å². The van der Waals surface area contributed by atoms with Gasteiger partial charge in [-0.2, -0.15) is 0 Å². The van der Waals surface area contributed by atoms with Gasteiger partial charge in [0.15, 0.2) is 0 Å². The van der Waals surface area contributed by atoms with Crippen LogP contribution in [0.5, 0.6) is 0 Å². The molecule has 1 aliphatic heterocycles. The molecule has 2 fully saturated rings. The second kappa shape index (κ2) is 9.36. The SMILES string of the molecule is NCC1(CC(=O)N2CCC(C(=O)NCc3ccccc3)CC2)CCCCC1. The number of likely N-dealkylation sites (tertiary alicyclic amines) is 1. The van der Waals surface area contributed by atoms with Gasteiger partial charge in [-0.25, -0.2) is 0 Å². The molecule has 0 bridgehead atoms. The quantitative estimate of drug-likeness (QED) is 0.807. The van der Waals surface area contributed by atoms with Gasteiger partial charge < -0.3 is 16.0 Å². The first-order valence-electron chi connectivity index (χ1n) is 10.4. The van der Waals surface area contributed by atoms with Crippen LogP contribution in [0, 0.1) is 11.3 Å². The smallest absolute Gasteiger partial charge is 0.223 e. The molecule has 27 heavy (non-hydrogen) atoms. The summed E-state index contributed by atoms with van der Waals surface area (Å²) in [7, 11) is 0. The fourth-order valence-corrected chi connectivity index (χ4v) is 4.51. The van der Waals surface area contributed by atoms with Gasteiger partial charge in [-0.1, -0.05) is 49.6 Å². The minimum Gasteiger partial charge on any atom is -0.352 e. The molecule has 0 radical (unpaired) electrons. The molecule has 3 rings (SSSR count). The van der Waals surface area contributed by atoms with Crippen molar-refractivity contribution < 1.29 is 9.59 Å². The Morgan fingerprint density at radius 3 is 2.37 bits per heavy atom. The average Bonchev–Trinajstić information content (AvgIpc) is 2.73. The summed E-state index contributed by atoms with van der Waals surface area (Å²) < 4.78 is 0. The second-order valence-electron chi connectivity index (χ2n) is 8.30. The van der Waals surface area contributed by atoms with Crippen LogP contribution < -0.4 is 11.1 Å². The molecule has 5 heteroatoms. The summed E-state index contributed by atoms with van der Waals surface area (Å²) in [4.78, 5) is 27.2. The molecular formula is C22H33N3O2. The third-order valence-corrected chi connectivity index (χ3v) is 6.40. The van der Waals surface area contributed by atoms with Crippen LogP contribution in [0.15, 0.2) is 30.3 Å². The molecule has 0 unspecified atom stereocenters. The number of rotatable bonds is 6. The largest absolute Gasteiger partial charge is 0.352 e. The predicted octanol–water partition coefficient (Wildman–Crippen LogP) is 2.84. The Morgan fingerprint density at radius 2 is 1.74 bits per heavy atom. The zero-order chi connectivity index (χ0) is 19.1. The number of piperidine rings is 1. The van der Waals surface area contributed by atoms with Gasteiger partial charge in [0.05, 0.1) is 0 Å². The molecule has 148 valence electrons. The summed E-state index contributed by atoms with van der Waals surface area (Å²) in [6, 6.07) is 9.96. The van der Waals surface area contributed by atoms with Gasteiger partial charge in [-0.05, 0) is 43.2 Å². The highest BCUT2D eigenvalue weighted by Crippen LogP contribution is 2.39. The van der Waals surface area contributed by atoms with Crippen LogP contribution in [-0.2, 0) is 16.1 Å². The van der Waals surface area contributed by atoms with E-state index in [1.54, 1.807) is 0 Å². The number of carbonyl (C=O) groups excluding carboxylic acids is 2. The minimum absolute atomic E-state index is 0.0101. The highest BCUT2D eigenvalue weighted by molar-refractivity contribution is 5.80. The molecule has 1 aromatic carbocycles. The van der Waals surface area contributed by atoms with Crippen molar-refractivity contribution in [3.63, 3.8) is 0 Å². The van der Waals surface area contributed by atoms with E-state index in [1.807, 2.05) is 35.2 Å². The van der Waals surface area contributed by atoms with Gasteiger partial charge in [0.1, 0.15) is 0 Å². The molecule has 1 saturated carbocycles. The Labute approximate surface area is 162 Å². The van der Waals surface area contributed by atoms with E-state index in [9.17, 15) is 9.59 Å². The summed E-state index contributed by atoms with van der Waals surface area (Å²) in [6.07, 6.45) is 7.88. The number of carbonyl (C=O) groups is 2. The molecule has 0 aromatic heterocycles. The fraction of sp³-hybridized carbons (Fsp3) is 0.636. The molecule has 0 atom stereocenters. The zero-order valence-electron chi connectivity index (χ0n) is 16.3. The normalized spacial score (nSPS) is 20.3. The molecule has 2 aliphatic rings. The lowest BCUT2D eigenvalue weighted by atomic mass is 9.71. The second-order valence-corrected chi connectivity index (χ2v) is 8.30. The summed E-state index contributed by atoms with van der Waals surface area (Å²) in [6.45, 7) is 2.54. The van der Waals surface area contributed by atoms with Crippen molar-refractivity contribution in [3.8, 4) is 0 Å². The highest BCUT2D eigenvalue weighted by atomic mass is 16.2. The van der Waals surface area contributed by atoms with Crippen molar-refractivity contribution >= 4 is 11.8 Å². The maximum Gasteiger partial charge on any atom is 0.223 e. The third-order valence-electron chi connectivity index (χ3n) is 6.40. The molecular weight excluding hydrogens is 338 g/mol. The van der Waals surface area contributed by atoms with E-state index in [1.165, 1.54) is 19.3 Å². The summed E-state index contributed by atoms with van der Waals surface area (Å²) in [5.74, 6) is 0.345. The van der Waals surface area contributed by atoms with Gasteiger partial charge in [0.2, 0.25) is 11.8 Å². The van der Waals surface area contributed by atoms with E-state index in [0.717, 1.165) is 31.2 Å². The van der Waals surface area contributed by atoms with Gasteiger partial charge >= 0.3 is 0 Å². The monoisotopic (exact) mass is 371 g/mol. The summed E-state index contributed by atoms with van der Waals surface area (Å²) in [5.41, 5.74) is 7.16. The molecule has 2 amide bonds. The van der Waals surface area contributed by atoms with Gasteiger partial charge in [-0.15, -0.1) is 0 Å². The maximum absolute atomic E-state index is 12.8.